The summed E-state index contributed by atoms with van der Waals surface area (Å²) in [5.74, 6) is -0.699. The number of benzene rings is 4. The molecule has 0 radical (unpaired) electrons. The standard InChI is InChI=1S/C28H26F2N2O/c1-26(2)18-33-28(31,23-8-7-19-5-3-4-6-20(19)17-23)27(32-26,21-9-13-24(29)14-10-21)22-11-15-25(30)16-12-22/h3-17,32H,18,31H2,1-2H3. The average Bonchev–Trinajstić information content (AvgIpc) is 2.81. The first-order chi connectivity index (χ1) is 15.7. The van der Waals surface area contributed by atoms with Crippen LogP contribution in [0, 0.1) is 11.6 Å². The normalized spacial score (nSPS) is 21.7. The van der Waals surface area contributed by atoms with Crippen LogP contribution in [0.1, 0.15) is 30.5 Å². The van der Waals surface area contributed by atoms with E-state index in [9.17, 15) is 8.78 Å². The van der Waals surface area contributed by atoms with Crippen LogP contribution in [0.15, 0.2) is 91.0 Å². The number of hydrogen-bond donors (Lipinski definition) is 2. The van der Waals surface area contributed by atoms with Crippen LogP contribution in [0.3, 0.4) is 0 Å². The van der Waals surface area contributed by atoms with Gasteiger partial charge in [0.15, 0.2) is 5.72 Å². The van der Waals surface area contributed by atoms with E-state index < -0.39 is 16.8 Å². The van der Waals surface area contributed by atoms with Crippen LogP contribution in [0.2, 0.25) is 0 Å². The molecule has 0 aliphatic carbocycles. The molecule has 168 valence electrons. The smallest absolute Gasteiger partial charge is 0.169 e. The molecule has 0 aromatic heterocycles. The van der Waals surface area contributed by atoms with Gasteiger partial charge in [-0.05, 0) is 66.1 Å². The Balaban J connectivity index is 1.83. The van der Waals surface area contributed by atoms with Crippen LogP contribution in [0.5, 0.6) is 0 Å². The zero-order chi connectivity index (χ0) is 23.3. The van der Waals surface area contributed by atoms with E-state index in [2.05, 4.69) is 5.32 Å². The van der Waals surface area contributed by atoms with Gasteiger partial charge in [-0.25, -0.2) is 8.78 Å². The van der Waals surface area contributed by atoms with Crippen molar-refractivity contribution in [3.63, 3.8) is 0 Å². The zero-order valence-corrected chi connectivity index (χ0v) is 18.6. The van der Waals surface area contributed by atoms with Gasteiger partial charge in [0, 0.05) is 11.1 Å². The van der Waals surface area contributed by atoms with Gasteiger partial charge >= 0.3 is 0 Å². The molecule has 1 aliphatic heterocycles. The molecule has 1 atom stereocenters. The summed E-state index contributed by atoms with van der Waals surface area (Å²) >= 11 is 0. The highest BCUT2D eigenvalue weighted by Gasteiger charge is 2.59. The van der Waals surface area contributed by atoms with Crippen LogP contribution in [0.25, 0.3) is 10.8 Å². The molecule has 1 fully saturated rings. The number of rotatable bonds is 3. The number of nitrogens with two attached hydrogens (primary N) is 1. The molecule has 0 bridgehead atoms. The molecular formula is C28H26F2N2O. The summed E-state index contributed by atoms with van der Waals surface area (Å²) in [5, 5.41) is 5.83. The van der Waals surface area contributed by atoms with Gasteiger partial charge in [-0.3, -0.25) is 11.1 Å². The van der Waals surface area contributed by atoms with Crippen LogP contribution in [-0.4, -0.2) is 12.1 Å². The van der Waals surface area contributed by atoms with Crippen LogP contribution in [-0.2, 0) is 16.0 Å². The fourth-order valence-electron chi connectivity index (χ4n) is 4.90. The van der Waals surface area contributed by atoms with Crippen molar-refractivity contribution in [2.75, 3.05) is 6.61 Å². The van der Waals surface area contributed by atoms with Gasteiger partial charge in [-0.1, -0.05) is 60.7 Å². The molecule has 1 unspecified atom stereocenters. The molecule has 1 saturated heterocycles. The van der Waals surface area contributed by atoms with Crippen molar-refractivity contribution in [2.24, 2.45) is 5.73 Å². The molecule has 0 spiro atoms. The fraction of sp³-hybridized carbons (Fsp3) is 0.214. The summed E-state index contributed by atoms with van der Waals surface area (Å²) in [7, 11) is 0. The summed E-state index contributed by atoms with van der Waals surface area (Å²) in [6, 6.07) is 26.5. The first-order valence-electron chi connectivity index (χ1n) is 11.0. The summed E-state index contributed by atoms with van der Waals surface area (Å²) in [6.45, 7) is 4.39. The molecular weight excluding hydrogens is 418 g/mol. The lowest BCUT2D eigenvalue weighted by Gasteiger charge is -2.57. The molecule has 1 heterocycles. The van der Waals surface area contributed by atoms with E-state index in [4.69, 9.17) is 10.5 Å². The highest BCUT2D eigenvalue weighted by Crippen LogP contribution is 2.49. The molecule has 3 nitrogen and oxygen atoms in total. The monoisotopic (exact) mass is 444 g/mol. The molecule has 0 saturated carbocycles. The summed E-state index contributed by atoms with van der Waals surface area (Å²) in [5.41, 5.74) is 6.48. The van der Waals surface area contributed by atoms with E-state index >= 15 is 0 Å². The van der Waals surface area contributed by atoms with Gasteiger partial charge in [-0.2, -0.15) is 0 Å². The lowest BCUT2D eigenvalue weighted by Crippen LogP contribution is -2.74. The van der Waals surface area contributed by atoms with Gasteiger partial charge in [0.1, 0.15) is 17.2 Å². The van der Waals surface area contributed by atoms with E-state index in [0.29, 0.717) is 6.61 Å². The Morgan fingerprint density at radius 2 is 1.24 bits per heavy atom. The lowest BCUT2D eigenvalue weighted by atomic mass is 9.69. The minimum Gasteiger partial charge on any atom is -0.352 e. The fourth-order valence-corrected chi connectivity index (χ4v) is 4.90. The third kappa shape index (κ3) is 3.53. The number of ether oxygens (including phenoxy) is 1. The van der Waals surface area contributed by atoms with Crippen molar-refractivity contribution >= 4 is 10.8 Å². The molecule has 4 aromatic carbocycles. The Kier molecular flexibility index (Phi) is 5.09. The van der Waals surface area contributed by atoms with Crippen molar-refractivity contribution < 1.29 is 13.5 Å². The highest BCUT2D eigenvalue weighted by atomic mass is 19.1. The second-order valence-corrected chi connectivity index (χ2v) is 9.36. The van der Waals surface area contributed by atoms with E-state index in [-0.39, 0.29) is 11.6 Å². The Labute approximate surface area is 192 Å². The van der Waals surface area contributed by atoms with Crippen LogP contribution in [0.4, 0.5) is 8.78 Å². The molecule has 3 N–H and O–H groups in total. The summed E-state index contributed by atoms with van der Waals surface area (Å²) < 4.78 is 34.4. The van der Waals surface area contributed by atoms with Crippen molar-refractivity contribution in [2.45, 2.75) is 30.7 Å². The number of halogens is 2. The number of morpholine rings is 1. The average molecular weight is 445 g/mol. The minimum atomic E-state index is -1.37. The highest BCUT2D eigenvalue weighted by molar-refractivity contribution is 5.83. The maximum absolute atomic E-state index is 13.9. The molecule has 0 amide bonds. The Bertz CT molecular complexity index is 1260. The van der Waals surface area contributed by atoms with Crippen LogP contribution >= 0.6 is 0 Å². The van der Waals surface area contributed by atoms with Crippen molar-refractivity contribution in [3.05, 3.63) is 119 Å². The maximum atomic E-state index is 13.9. The number of hydrogen-bond acceptors (Lipinski definition) is 3. The second-order valence-electron chi connectivity index (χ2n) is 9.36. The van der Waals surface area contributed by atoms with Gasteiger partial charge in [0.25, 0.3) is 0 Å². The minimum absolute atomic E-state index is 0.348. The van der Waals surface area contributed by atoms with Gasteiger partial charge in [-0.15, -0.1) is 0 Å². The quantitative estimate of drug-likeness (QED) is 0.434. The molecule has 5 heteroatoms. The molecule has 5 rings (SSSR count). The zero-order valence-electron chi connectivity index (χ0n) is 18.6. The second kappa shape index (κ2) is 7.73. The first kappa shape index (κ1) is 21.7. The Hall–Kier alpha value is -3.12. The van der Waals surface area contributed by atoms with Crippen LogP contribution < -0.4 is 11.1 Å². The van der Waals surface area contributed by atoms with Gasteiger partial charge in [0.05, 0.1) is 6.61 Å². The SMILES string of the molecule is CC1(C)COC(N)(c2ccc3ccccc3c2)C(c2ccc(F)cc2)(c2ccc(F)cc2)N1. The molecule has 33 heavy (non-hydrogen) atoms. The van der Waals surface area contributed by atoms with E-state index in [1.54, 1.807) is 24.3 Å². The Morgan fingerprint density at radius 3 is 1.82 bits per heavy atom. The van der Waals surface area contributed by atoms with E-state index in [1.165, 1.54) is 24.3 Å². The first-order valence-corrected chi connectivity index (χ1v) is 11.0. The lowest BCUT2D eigenvalue weighted by molar-refractivity contribution is -0.167. The largest absolute Gasteiger partial charge is 0.352 e. The summed E-state index contributed by atoms with van der Waals surface area (Å²) in [4.78, 5) is 0. The summed E-state index contributed by atoms with van der Waals surface area (Å²) in [6.07, 6.45) is 0. The van der Waals surface area contributed by atoms with Crippen molar-refractivity contribution in [3.8, 4) is 0 Å². The number of fused-ring (bicyclic) bond motifs is 1. The van der Waals surface area contributed by atoms with Crippen molar-refractivity contribution in [1.82, 2.24) is 5.32 Å². The predicted octanol–water partition coefficient (Wildman–Crippen LogP) is 5.57. The molecule has 1 aliphatic rings. The third-order valence-corrected chi connectivity index (χ3v) is 6.48. The third-order valence-electron chi connectivity index (χ3n) is 6.48. The van der Waals surface area contributed by atoms with E-state index in [0.717, 1.165) is 27.5 Å². The van der Waals surface area contributed by atoms with Gasteiger partial charge < -0.3 is 4.74 Å². The number of nitrogens with one attached hydrogen (secondary N) is 1. The van der Waals surface area contributed by atoms with Crippen molar-refractivity contribution in [1.29, 1.82) is 0 Å². The Morgan fingerprint density at radius 1 is 0.727 bits per heavy atom. The predicted molar refractivity (Wildman–Crippen MR) is 127 cm³/mol. The topological polar surface area (TPSA) is 47.3 Å². The van der Waals surface area contributed by atoms with Gasteiger partial charge in [0.2, 0.25) is 0 Å². The van der Waals surface area contributed by atoms with E-state index in [1.807, 2.05) is 56.3 Å². The maximum Gasteiger partial charge on any atom is 0.169 e. The molecule has 4 aromatic rings.